The highest BCUT2D eigenvalue weighted by Crippen LogP contribution is 2.48. The summed E-state index contributed by atoms with van der Waals surface area (Å²) in [6.07, 6.45) is 3.78. The van der Waals surface area contributed by atoms with Crippen molar-refractivity contribution in [1.82, 2.24) is 24.3 Å². The van der Waals surface area contributed by atoms with Crippen molar-refractivity contribution in [1.29, 1.82) is 0 Å². The maximum atomic E-state index is 6.25. The predicted octanol–water partition coefficient (Wildman–Crippen LogP) is 0.917. The van der Waals surface area contributed by atoms with Gasteiger partial charge in [0.15, 0.2) is 5.79 Å². The molecule has 5 saturated heterocycles. The number of hydrogen-bond donors (Lipinski definition) is 0. The average molecular weight is 388 g/mol. The Morgan fingerprint density at radius 2 is 1.88 bits per heavy atom. The number of thioether (sulfide) groups is 1. The van der Waals surface area contributed by atoms with Gasteiger partial charge in [-0.05, 0) is 32.4 Å². The SMILES string of the molecule is C1CCN(C2CSN(N3CCSC3)C2(N2CCOC2)N2CCCO2)C1. The van der Waals surface area contributed by atoms with Crippen LogP contribution in [0.25, 0.3) is 0 Å². The van der Waals surface area contributed by atoms with Gasteiger partial charge in [-0.1, -0.05) is 11.9 Å². The molecule has 0 aromatic rings. The number of likely N-dealkylation sites (tertiary alicyclic amines) is 1. The number of hydroxylamine groups is 2. The molecule has 7 nitrogen and oxygen atoms in total. The summed E-state index contributed by atoms with van der Waals surface area (Å²) in [4.78, 5) is 11.5. The van der Waals surface area contributed by atoms with Gasteiger partial charge in [-0.2, -0.15) is 5.06 Å². The molecule has 25 heavy (non-hydrogen) atoms. The summed E-state index contributed by atoms with van der Waals surface area (Å²) in [5.41, 5.74) is 0. The molecule has 0 amide bonds. The van der Waals surface area contributed by atoms with Crippen LogP contribution >= 0.6 is 23.7 Å². The quantitative estimate of drug-likeness (QED) is 0.654. The van der Waals surface area contributed by atoms with E-state index in [1.54, 1.807) is 0 Å². The van der Waals surface area contributed by atoms with E-state index in [-0.39, 0.29) is 5.79 Å². The van der Waals surface area contributed by atoms with Crippen LogP contribution in [0, 0.1) is 0 Å². The van der Waals surface area contributed by atoms with E-state index in [0.717, 1.165) is 50.9 Å². The highest BCUT2D eigenvalue weighted by Gasteiger charge is 2.63. The molecule has 0 aromatic heterocycles. The number of hydrazine groups is 1. The molecular formula is C16H29N5O2S2. The van der Waals surface area contributed by atoms with Crippen LogP contribution in [0.4, 0.5) is 0 Å². The zero-order valence-corrected chi connectivity index (χ0v) is 16.5. The predicted molar refractivity (Wildman–Crippen MR) is 100 cm³/mol. The second-order valence-corrected chi connectivity index (χ2v) is 9.38. The van der Waals surface area contributed by atoms with Crippen LogP contribution in [0.3, 0.4) is 0 Å². The Labute approximate surface area is 159 Å². The second kappa shape index (κ2) is 7.44. The molecule has 0 bridgehead atoms. The van der Waals surface area contributed by atoms with E-state index in [9.17, 15) is 0 Å². The van der Waals surface area contributed by atoms with Crippen molar-refractivity contribution < 1.29 is 9.57 Å². The summed E-state index contributed by atoms with van der Waals surface area (Å²) in [7, 11) is 0. The molecule has 5 aliphatic rings. The summed E-state index contributed by atoms with van der Waals surface area (Å²) in [6.45, 7) is 7.96. The van der Waals surface area contributed by atoms with Crippen molar-refractivity contribution in [2.24, 2.45) is 0 Å². The van der Waals surface area contributed by atoms with E-state index < -0.39 is 0 Å². The first-order valence-corrected chi connectivity index (χ1v) is 11.7. The maximum absolute atomic E-state index is 6.25. The summed E-state index contributed by atoms with van der Waals surface area (Å²) >= 11 is 4.04. The third-order valence-electron chi connectivity index (χ3n) is 5.99. The van der Waals surface area contributed by atoms with E-state index in [0.29, 0.717) is 12.8 Å². The molecule has 5 heterocycles. The highest BCUT2D eigenvalue weighted by molar-refractivity contribution is 7.99. The van der Waals surface area contributed by atoms with Gasteiger partial charge in [0.25, 0.3) is 0 Å². The lowest BCUT2D eigenvalue weighted by molar-refractivity contribution is -0.313. The Bertz CT molecular complexity index is 421. The van der Waals surface area contributed by atoms with Crippen LogP contribution in [-0.2, 0) is 9.57 Å². The van der Waals surface area contributed by atoms with Crippen molar-refractivity contribution in [3.05, 3.63) is 0 Å². The molecule has 0 aliphatic carbocycles. The first kappa shape index (κ1) is 17.5. The first-order chi connectivity index (χ1) is 12.4. The van der Waals surface area contributed by atoms with Gasteiger partial charge in [0.05, 0.1) is 25.1 Å². The minimum atomic E-state index is -0.229. The van der Waals surface area contributed by atoms with Crippen LogP contribution < -0.4 is 0 Å². The Kier molecular flexibility index (Phi) is 5.21. The Hall–Kier alpha value is 0.420. The van der Waals surface area contributed by atoms with Crippen LogP contribution in [0.15, 0.2) is 0 Å². The molecule has 0 N–H and O–H groups in total. The molecule has 5 rings (SSSR count). The van der Waals surface area contributed by atoms with Gasteiger partial charge in [-0.25, -0.2) is 9.91 Å². The van der Waals surface area contributed by atoms with Gasteiger partial charge in [0.1, 0.15) is 6.73 Å². The van der Waals surface area contributed by atoms with Gasteiger partial charge >= 0.3 is 0 Å². The molecular weight excluding hydrogens is 358 g/mol. The molecule has 142 valence electrons. The molecule has 2 atom stereocenters. The summed E-state index contributed by atoms with van der Waals surface area (Å²) in [6, 6.07) is 0.463. The fraction of sp³-hybridized carbons (Fsp3) is 1.00. The normalized spacial score (nSPS) is 40.1. The van der Waals surface area contributed by atoms with E-state index in [4.69, 9.17) is 9.57 Å². The lowest BCUT2D eigenvalue weighted by Crippen LogP contribution is -2.75. The second-order valence-electron chi connectivity index (χ2n) is 7.37. The largest absolute Gasteiger partial charge is 0.365 e. The monoisotopic (exact) mass is 387 g/mol. The van der Waals surface area contributed by atoms with E-state index in [2.05, 4.69) is 24.3 Å². The molecule has 5 fully saturated rings. The van der Waals surface area contributed by atoms with E-state index >= 15 is 0 Å². The topological polar surface area (TPSA) is 34.7 Å². The van der Waals surface area contributed by atoms with Crippen molar-refractivity contribution in [3.63, 3.8) is 0 Å². The number of hydrogen-bond acceptors (Lipinski definition) is 9. The number of nitrogens with zero attached hydrogens (tertiary/aromatic N) is 5. The molecule has 0 aromatic carbocycles. The van der Waals surface area contributed by atoms with Crippen LogP contribution in [0.1, 0.15) is 19.3 Å². The van der Waals surface area contributed by atoms with Crippen molar-refractivity contribution in [2.75, 3.05) is 70.1 Å². The smallest absolute Gasteiger partial charge is 0.194 e. The highest BCUT2D eigenvalue weighted by atomic mass is 32.2. The Morgan fingerprint density at radius 3 is 2.56 bits per heavy atom. The van der Waals surface area contributed by atoms with E-state index in [1.165, 1.54) is 31.7 Å². The fourth-order valence-electron chi connectivity index (χ4n) is 4.85. The van der Waals surface area contributed by atoms with Crippen LogP contribution in [-0.4, -0.2) is 106 Å². The Balaban J connectivity index is 1.55. The minimum Gasteiger partial charge on any atom is -0.365 e. The van der Waals surface area contributed by atoms with Crippen molar-refractivity contribution in [2.45, 2.75) is 31.1 Å². The Morgan fingerprint density at radius 1 is 0.960 bits per heavy atom. The maximum Gasteiger partial charge on any atom is 0.194 e. The third kappa shape index (κ3) is 2.87. The van der Waals surface area contributed by atoms with Gasteiger partial charge in [0, 0.05) is 31.1 Å². The number of ether oxygens (including phenoxy) is 1. The summed E-state index contributed by atoms with van der Waals surface area (Å²) < 4.78 is 8.42. The molecule has 5 aliphatic heterocycles. The molecule has 2 unspecified atom stereocenters. The van der Waals surface area contributed by atoms with Crippen molar-refractivity contribution in [3.8, 4) is 0 Å². The fourth-order valence-corrected chi connectivity index (χ4v) is 7.38. The lowest BCUT2D eigenvalue weighted by Gasteiger charge is -2.54. The number of rotatable bonds is 4. The summed E-state index contributed by atoms with van der Waals surface area (Å²) in [5, 5.41) is 4.86. The minimum absolute atomic E-state index is 0.229. The summed E-state index contributed by atoms with van der Waals surface area (Å²) in [5.74, 6) is 3.22. The first-order valence-electron chi connectivity index (χ1n) is 9.64. The average Bonchev–Trinajstić information content (AvgIpc) is 3.48. The lowest BCUT2D eigenvalue weighted by atomic mass is 10.1. The van der Waals surface area contributed by atoms with Gasteiger partial charge in [0.2, 0.25) is 0 Å². The van der Waals surface area contributed by atoms with Crippen LogP contribution in [0.5, 0.6) is 0 Å². The molecule has 0 radical (unpaired) electrons. The zero-order valence-electron chi connectivity index (χ0n) is 14.8. The standard InChI is InChI=1S/C16H29N5O2S2/c1-2-5-17(4-1)15-12-25-21(19-8-11-24-14-19)16(15,18-7-10-22-13-18)20-6-3-9-23-20/h15H,1-14H2. The molecule has 0 saturated carbocycles. The van der Waals surface area contributed by atoms with Gasteiger partial charge in [-0.15, -0.1) is 16.2 Å². The third-order valence-corrected chi connectivity index (χ3v) is 8.15. The van der Waals surface area contributed by atoms with Gasteiger partial charge < -0.3 is 4.74 Å². The van der Waals surface area contributed by atoms with Gasteiger partial charge in [-0.3, -0.25) is 9.74 Å². The van der Waals surface area contributed by atoms with E-state index in [1.807, 2.05) is 23.7 Å². The van der Waals surface area contributed by atoms with Crippen LogP contribution in [0.2, 0.25) is 0 Å². The zero-order chi connectivity index (χ0) is 16.7. The molecule has 9 heteroatoms. The van der Waals surface area contributed by atoms with Crippen molar-refractivity contribution >= 4 is 23.7 Å². The molecule has 0 spiro atoms.